The Balaban J connectivity index is 1.67. The van der Waals surface area contributed by atoms with Gasteiger partial charge in [-0.15, -0.1) is 0 Å². The van der Waals surface area contributed by atoms with Crippen LogP contribution in [-0.4, -0.2) is 10.9 Å². The zero-order valence-corrected chi connectivity index (χ0v) is 10.5. The third-order valence-electron chi connectivity index (χ3n) is 4.18. The van der Waals surface area contributed by atoms with Crippen LogP contribution in [0.3, 0.4) is 0 Å². The van der Waals surface area contributed by atoms with Crippen molar-refractivity contribution in [3.8, 4) is 5.75 Å². The molecule has 1 aromatic rings. The van der Waals surface area contributed by atoms with Gasteiger partial charge in [-0.3, -0.25) is 14.9 Å². The first-order valence-electron chi connectivity index (χ1n) is 6.63. The van der Waals surface area contributed by atoms with Crippen molar-refractivity contribution < 1.29 is 14.5 Å². The van der Waals surface area contributed by atoms with Crippen molar-refractivity contribution in [2.75, 3.05) is 0 Å². The summed E-state index contributed by atoms with van der Waals surface area (Å²) in [5, 5.41) is 10.7. The van der Waals surface area contributed by atoms with Crippen LogP contribution in [0.4, 0.5) is 5.69 Å². The van der Waals surface area contributed by atoms with Crippen molar-refractivity contribution in [3.63, 3.8) is 0 Å². The van der Waals surface area contributed by atoms with Crippen molar-refractivity contribution in [1.29, 1.82) is 0 Å². The number of hydrogen-bond donors (Lipinski definition) is 0. The second-order valence-corrected chi connectivity index (χ2v) is 5.31. The minimum absolute atomic E-state index is 0.0155. The third-order valence-corrected chi connectivity index (χ3v) is 4.18. The third kappa shape index (κ3) is 2.32. The second-order valence-electron chi connectivity index (χ2n) is 5.31. The SMILES string of the molecule is O=C(Oc1cccc([N+](=O)[O-])c1)C1C2CCCCC21. The van der Waals surface area contributed by atoms with Crippen LogP contribution in [0.25, 0.3) is 0 Å². The van der Waals surface area contributed by atoms with E-state index in [4.69, 9.17) is 4.74 Å². The molecule has 0 saturated heterocycles. The van der Waals surface area contributed by atoms with Gasteiger partial charge >= 0.3 is 5.97 Å². The van der Waals surface area contributed by atoms with E-state index in [1.807, 2.05) is 0 Å². The van der Waals surface area contributed by atoms with Gasteiger partial charge in [-0.05, 0) is 30.7 Å². The van der Waals surface area contributed by atoms with Crippen LogP contribution in [0.5, 0.6) is 5.75 Å². The molecule has 0 N–H and O–H groups in total. The van der Waals surface area contributed by atoms with Crippen LogP contribution in [0.1, 0.15) is 25.7 Å². The first-order chi connectivity index (χ1) is 9.16. The molecule has 0 spiro atoms. The fraction of sp³-hybridized carbons (Fsp3) is 0.500. The standard InChI is InChI=1S/C14H15NO4/c16-14(13-11-6-1-2-7-12(11)13)19-10-5-3-4-9(8-10)15(17)18/h3-5,8,11-13H,1-2,6-7H2. The van der Waals surface area contributed by atoms with Crippen LogP contribution in [0.2, 0.25) is 0 Å². The van der Waals surface area contributed by atoms with Crippen LogP contribution in [0.15, 0.2) is 24.3 Å². The van der Waals surface area contributed by atoms with Crippen molar-refractivity contribution >= 4 is 11.7 Å². The molecule has 0 aliphatic heterocycles. The predicted molar refractivity (Wildman–Crippen MR) is 67.7 cm³/mol. The number of non-ortho nitro benzene ring substituents is 1. The molecular weight excluding hydrogens is 246 g/mol. The Hall–Kier alpha value is -1.91. The molecule has 19 heavy (non-hydrogen) atoms. The van der Waals surface area contributed by atoms with E-state index in [0.717, 1.165) is 12.8 Å². The summed E-state index contributed by atoms with van der Waals surface area (Å²) in [5.41, 5.74) is -0.0569. The van der Waals surface area contributed by atoms with Crippen LogP contribution in [-0.2, 0) is 4.79 Å². The molecule has 0 heterocycles. The van der Waals surface area contributed by atoms with Gasteiger partial charge in [0.05, 0.1) is 16.9 Å². The minimum Gasteiger partial charge on any atom is -0.426 e. The number of rotatable bonds is 3. The molecule has 3 rings (SSSR count). The van der Waals surface area contributed by atoms with Gasteiger partial charge in [0.15, 0.2) is 0 Å². The number of carbonyl (C=O) groups is 1. The zero-order valence-electron chi connectivity index (χ0n) is 10.5. The maximum absolute atomic E-state index is 12.0. The van der Waals surface area contributed by atoms with E-state index < -0.39 is 4.92 Å². The number of esters is 1. The Morgan fingerprint density at radius 1 is 1.26 bits per heavy atom. The lowest BCUT2D eigenvalue weighted by atomic mass is 10.0. The average molecular weight is 261 g/mol. The van der Waals surface area contributed by atoms with Gasteiger partial charge in [-0.25, -0.2) is 0 Å². The molecule has 100 valence electrons. The molecule has 2 fully saturated rings. The quantitative estimate of drug-likeness (QED) is 0.363. The summed E-state index contributed by atoms with van der Waals surface area (Å²) in [7, 11) is 0. The number of nitro benzene ring substituents is 1. The number of nitro groups is 1. The van der Waals surface area contributed by atoms with E-state index >= 15 is 0 Å². The lowest BCUT2D eigenvalue weighted by molar-refractivity contribution is -0.384. The van der Waals surface area contributed by atoms with Gasteiger partial charge in [0, 0.05) is 6.07 Å². The maximum atomic E-state index is 12.0. The zero-order chi connectivity index (χ0) is 13.4. The normalized spacial score (nSPS) is 28.3. The molecule has 1 aromatic carbocycles. The highest BCUT2D eigenvalue weighted by Gasteiger charge is 2.55. The number of ether oxygens (including phenoxy) is 1. The fourth-order valence-electron chi connectivity index (χ4n) is 3.19. The van der Waals surface area contributed by atoms with E-state index in [1.165, 1.54) is 31.0 Å². The molecule has 5 nitrogen and oxygen atoms in total. The maximum Gasteiger partial charge on any atom is 0.314 e. The van der Waals surface area contributed by atoms with Gasteiger partial charge in [0.2, 0.25) is 0 Å². The smallest absolute Gasteiger partial charge is 0.314 e. The topological polar surface area (TPSA) is 69.4 Å². The first kappa shape index (κ1) is 12.1. The molecule has 0 radical (unpaired) electrons. The highest BCUT2D eigenvalue weighted by atomic mass is 16.6. The summed E-state index contributed by atoms with van der Waals surface area (Å²) in [4.78, 5) is 22.2. The predicted octanol–water partition coefficient (Wildman–Crippen LogP) is 2.94. The molecule has 2 unspecified atom stereocenters. The van der Waals surface area contributed by atoms with Crippen LogP contribution >= 0.6 is 0 Å². The molecular formula is C14H15NO4. The number of carbonyl (C=O) groups excluding carboxylic acids is 1. The lowest BCUT2D eigenvalue weighted by Gasteiger charge is -2.04. The molecule has 2 aliphatic rings. The summed E-state index contributed by atoms with van der Waals surface area (Å²) < 4.78 is 5.28. The van der Waals surface area contributed by atoms with Crippen LogP contribution in [0, 0.1) is 27.9 Å². The number of benzene rings is 1. The second kappa shape index (κ2) is 4.64. The Kier molecular flexibility index (Phi) is 2.97. The highest BCUT2D eigenvalue weighted by Crippen LogP contribution is 2.55. The first-order valence-corrected chi connectivity index (χ1v) is 6.63. The molecule has 5 heteroatoms. The summed E-state index contributed by atoms with van der Waals surface area (Å²) in [6, 6.07) is 5.79. The highest BCUT2D eigenvalue weighted by molar-refractivity contribution is 5.79. The van der Waals surface area contributed by atoms with Gasteiger partial charge in [0.25, 0.3) is 5.69 Å². The van der Waals surface area contributed by atoms with Gasteiger partial charge < -0.3 is 4.74 Å². The van der Waals surface area contributed by atoms with Gasteiger partial charge in [-0.2, -0.15) is 0 Å². The van der Waals surface area contributed by atoms with Crippen molar-refractivity contribution in [2.24, 2.45) is 17.8 Å². The Morgan fingerprint density at radius 3 is 2.58 bits per heavy atom. The average Bonchev–Trinajstić information content (AvgIpc) is 3.13. The molecule has 2 aliphatic carbocycles. The van der Waals surface area contributed by atoms with Crippen LogP contribution < -0.4 is 4.74 Å². The van der Waals surface area contributed by atoms with E-state index in [0.29, 0.717) is 11.8 Å². The molecule has 0 aromatic heterocycles. The fourth-order valence-corrected chi connectivity index (χ4v) is 3.19. The summed E-state index contributed by atoms with van der Waals surface area (Å²) >= 11 is 0. The number of hydrogen-bond acceptors (Lipinski definition) is 4. The van der Waals surface area contributed by atoms with Gasteiger partial charge in [-0.1, -0.05) is 18.9 Å². The summed E-state index contributed by atoms with van der Waals surface area (Å²) in [6.45, 7) is 0. The largest absolute Gasteiger partial charge is 0.426 e. The summed E-state index contributed by atoms with van der Waals surface area (Å²) in [6.07, 6.45) is 4.61. The van der Waals surface area contributed by atoms with E-state index in [2.05, 4.69) is 0 Å². The van der Waals surface area contributed by atoms with E-state index in [-0.39, 0.29) is 23.3 Å². The monoisotopic (exact) mass is 261 g/mol. The summed E-state index contributed by atoms with van der Waals surface area (Å²) in [5.74, 6) is 1.03. The van der Waals surface area contributed by atoms with Gasteiger partial charge in [0.1, 0.15) is 5.75 Å². The Morgan fingerprint density at radius 2 is 1.95 bits per heavy atom. The van der Waals surface area contributed by atoms with Crippen molar-refractivity contribution in [1.82, 2.24) is 0 Å². The number of fused-ring (bicyclic) bond motifs is 1. The van der Waals surface area contributed by atoms with Crippen molar-refractivity contribution in [3.05, 3.63) is 34.4 Å². The lowest BCUT2D eigenvalue weighted by Crippen LogP contribution is -2.12. The van der Waals surface area contributed by atoms with E-state index in [9.17, 15) is 14.9 Å². The van der Waals surface area contributed by atoms with Crippen molar-refractivity contribution in [2.45, 2.75) is 25.7 Å². The van der Waals surface area contributed by atoms with E-state index in [1.54, 1.807) is 6.07 Å². The minimum atomic E-state index is -0.492. The molecule has 0 bridgehead atoms. The Labute approximate surface area is 110 Å². The number of nitrogens with zero attached hydrogens (tertiary/aromatic N) is 1. The molecule has 2 atom stereocenters. The Bertz CT molecular complexity index is 516. The molecule has 0 amide bonds. The molecule has 2 saturated carbocycles.